The molecular formula is C12H18N4S. The lowest BCUT2D eigenvalue weighted by Gasteiger charge is -2.06. The van der Waals surface area contributed by atoms with Crippen LogP contribution < -0.4 is 5.73 Å². The van der Waals surface area contributed by atoms with E-state index >= 15 is 0 Å². The Morgan fingerprint density at radius 1 is 1.47 bits per heavy atom. The minimum Gasteiger partial charge on any atom is -0.328 e. The molecule has 2 rings (SSSR count). The van der Waals surface area contributed by atoms with Crippen molar-refractivity contribution in [1.29, 1.82) is 0 Å². The first-order valence-corrected chi connectivity index (χ1v) is 6.61. The van der Waals surface area contributed by atoms with Gasteiger partial charge < -0.3 is 5.73 Å². The molecule has 92 valence electrons. The van der Waals surface area contributed by atoms with Gasteiger partial charge in [0.2, 0.25) is 0 Å². The first kappa shape index (κ1) is 12.3. The second kappa shape index (κ2) is 4.98. The maximum Gasteiger partial charge on any atom is 0.0794 e. The number of nitrogens with zero attached hydrogens (tertiary/aromatic N) is 3. The Kier molecular flexibility index (Phi) is 3.59. The van der Waals surface area contributed by atoms with Crippen molar-refractivity contribution in [3.63, 3.8) is 0 Å². The van der Waals surface area contributed by atoms with E-state index < -0.39 is 0 Å². The topological polar surface area (TPSA) is 56.7 Å². The average Bonchev–Trinajstić information content (AvgIpc) is 2.83. The summed E-state index contributed by atoms with van der Waals surface area (Å²) in [6.45, 7) is 6.99. The van der Waals surface area contributed by atoms with Crippen molar-refractivity contribution in [3.05, 3.63) is 33.5 Å². The zero-order chi connectivity index (χ0) is 12.4. The lowest BCUT2D eigenvalue weighted by Crippen LogP contribution is -2.18. The minimum absolute atomic E-state index is 0.174. The Labute approximate surface area is 105 Å². The molecule has 2 aromatic rings. The maximum atomic E-state index is 5.86. The number of aromatic nitrogens is 3. The molecule has 0 aliphatic rings. The van der Waals surface area contributed by atoms with Gasteiger partial charge in [-0.3, -0.25) is 9.67 Å². The Hall–Kier alpha value is -1.20. The molecule has 2 aromatic heterocycles. The largest absolute Gasteiger partial charge is 0.328 e. The molecule has 0 bridgehead atoms. The molecule has 4 nitrogen and oxygen atoms in total. The molecule has 0 aliphatic heterocycles. The Morgan fingerprint density at radius 2 is 2.24 bits per heavy atom. The van der Waals surface area contributed by atoms with E-state index in [1.807, 2.05) is 30.2 Å². The van der Waals surface area contributed by atoms with E-state index in [0.29, 0.717) is 0 Å². The van der Waals surface area contributed by atoms with E-state index in [4.69, 9.17) is 5.73 Å². The van der Waals surface area contributed by atoms with Gasteiger partial charge in [0.05, 0.1) is 17.7 Å². The van der Waals surface area contributed by atoms with Crippen LogP contribution in [0.25, 0.3) is 0 Å². The number of aryl methyl sites for hydroxylation is 1. The maximum absolute atomic E-state index is 5.86. The van der Waals surface area contributed by atoms with Crippen molar-refractivity contribution in [2.75, 3.05) is 0 Å². The van der Waals surface area contributed by atoms with Crippen molar-refractivity contribution < 1.29 is 0 Å². The van der Waals surface area contributed by atoms with Crippen molar-refractivity contribution in [2.45, 2.75) is 39.8 Å². The van der Waals surface area contributed by atoms with Gasteiger partial charge in [0.25, 0.3) is 0 Å². The Bertz CT molecular complexity index is 485. The van der Waals surface area contributed by atoms with Gasteiger partial charge in [0.1, 0.15) is 0 Å². The molecule has 1 atom stereocenters. The second-order valence-electron chi connectivity index (χ2n) is 4.46. The lowest BCUT2D eigenvalue weighted by atomic mass is 10.1. The average molecular weight is 250 g/mol. The summed E-state index contributed by atoms with van der Waals surface area (Å²) in [6.07, 6.45) is 2.78. The molecule has 0 fully saturated rings. The first-order valence-electron chi connectivity index (χ1n) is 5.73. The van der Waals surface area contributed by atoms with E-state index in [0.717, 1.165) is 18.7 Å². The highest BCUT2D eigenvalue weighted by molar-refractivity contribution is 7.09. The van der Waals surface area contributed by atoms with Crippen LogP contribution in [0.2, 0.25) is 0 Å². The predicted octanol–water partition coefficient (Wildman–Crippen LogP) is 1.89. The highest BCUT2D eigenvalue weighted by Crippen LogP contribution is 2.17. The standard InChI is InChI=1S/C12H18N4S/c1-8(13)4-12-9(2)15-16(10(12)3)6-11-5-14-7-17-11/h5,7-8H,4,6,13H2,1-3H3. The van der Waals surface area contributed by atoms with Crippen molar-refractivity contribution in [3.8, 4) is 0 Å². The third kappa shape index (κ3) is 2.73. The SMILES string of the molecule is Cc1nn(Cc2cncs2)c(C)c1CC(C)N. The highest BCUT2D eigenvalue weighted by atomic mass is 32.1. The van der Waals surface area contributed by atoms with Crippen molar-refractivity contribution >= 4 is 11.3 Å². The number of thiazole rings is 1. The molecular weight excluding hydrogens is 232 g/mol. The van der Waals surface area contributed by atoms with Gasteiger partial charge in [-0.15, -0.1) is 11.3 Å². The Morgan fingerprint density at radius 3 is 2.82 bits per heavy atom. The molecule has 17 heavy (non-hydrogen) atoms. The van der Waals surface area contributed by atoms with E-state index in [1.54, 1.807) is 11.3 Å². The zero-order valence-corrected chi connectivity index (χ0v) is 11.3. The van der Waals surface area contributed by atoms with E-state index in [9.17, 15) is 0 Å². The summed E-state index contributed by atoms with van der Waals surface area (Å²) < 4.78 is 2.04. The van der Waals surface area contributed by atoms with Crippen LogP contribution in [0.3, 0.4) is 0 Å². The number of rotatable bonds is 4. The molecule has 0 spiro atoms. The number of hydrogen-bond donors (Lipinski definition) is 1. The summed E-state index contributed by atoms with van der Waals surface area (Å²) in [5, 5.41) is 4.58. The van der Waals surface area contributed by atoms with E-state index in [-0.39, 0.29) is 6.04 Å². The van der Waals surface area contributed by atoms with Gasteiger partial charge in [-0.25, -0.2) is 0 Å². The molecule has 0 saturated carbocycles. The van der Waals surface area contributed by atoms with Gasteiger partial charge in [-0.05, 0) is 32.8 Å². The summed E-state index contributed by atoms with van der Waals surface area (Å²) in [5.41, 5.74) is 11.3. The van der Waals surface area contributed by atoms with Crippen molar-refractivity contribution in [1.82, 2.24) is 14.8 Å². The summed E-state index contributed by atoms with van der Waals surface area (Å²) in [4.78, 5) is 5.31. The molecule has 1 unspecified atom stereocenters. The zero-order valence-electron chi connectivity index (χ0n) is 10.5. The normalized spacial score (nSPS) is 12.9. The summed E-state index contributed by atoms with van der Waals surface area (Å²) in [5.74, 6) is 0. The van der Waals surface area contributed by atoms with Crippen LogP contribution in [-0.4, -0.2) is 20.8 Å². The van der Waals surface area contributed by atoms with Gasteiger partial charge >= 0.3 is 0 Å². The summed E-state index contributed by atoms with van der Waals surface area (Å²) in [7, 11) is 0. The molecule has 0 aliphatic carbocycles. The van der Waals surface area contributed by atoms with Crippen LogP contribution in [-0.2, 0) is 13.0 Å². The van der Waals surface area contributed by atoms with Gasteiger partial charge in [-0.1, -0.05) is 0 Å². The highest BCUT2D eigenvalue weighted by Gasteiger charge is 2.13. The monoisotopic (exact) mass is 250 g/mol. The van der Waals surface area contributed by atoms with E-state index in [1.165, 1.54) is 16.1 Å². The lowest BCUT2D eigenvalue weighted by molar-refractivity contribution is 0.662. The quantitative estimate of drug-likeness (QED) is 0.901. The Balaban J connectivity index is 2.24. The minimum atomic E-state index is 0.174. The van der Waals surface area contributed by atoms with Gasteiger partial charge in [0.15, 0.2) is 0 Å². The molecule has 0 aromatic carbocycles. The summed E-state index contributed by atoms with van der Waals surface area (Å²) in [6, 6.07) is 0.174. The number of hydrogen-bond acceptors (Lipinski definition) is 4. The van der Waals surface area contributed by atoms with Crippen LogP contribution >= 0.6 is 11.3 Å². The van der Waals surface area contributed by atoms with Crippen LogP contribution in [0.4, 0.5) is 0 Å². The van der Waals surface area contributed by atoms with Gasteiger partial charge in [0, 0.05) is 22.8 Å². The van der Waals surface area contributed by atoms with Gasteiger partial charge in [-0.2, -0.15) is 5.10 Å². The molecule has 0 amide bonds. The molecule has 2 heterocycles. The summed E-state index contributed by atoms with van der Waals surface area (Å²) >= 11 is 1.66. The van der Waals surface area contributed by atoms with Crippen molar-refractivity contribution in [2.24, 2.45) is 5.73 Å². The van der Waals surface area contributed by atoms with E-state index in [2.05, 4.69) is 17.0 Å². The predicted molar refractivity (Wildman–Crippen MR) is 70.3 cm³/mol. The third-order valence-electron chi connectivity index (χ3n) is 2.85. The van der Waals surface area contributed by atoms with Crippen LogP contribution in [0.5, 0.6) is 0 Å². The molecule has 0 saturated heterocycles. The molecule has 0 radical (unpaired) electrons. The molecule has 2 N–H and O–H groups in total. The second-order valence-corrected chi connectivity index (χ2v) is 5.43. The number of nitrogens with two attached hydrogens (primary N) is 1. The first-order chi connectivity index (χ1) is 8.08. The third-order valence-corrected chi connectivity index (χ3v) is 3.61. The van der Waals surface area contributed by atoms with Crippen LogP contribution in [0.15, 0.2) is 11.7 Å². The fourth-order valence-corrected chi connectivity index (χ4v) is 2.55. The van der Waals surface area contributed by atoms with Crippen LogP contribution in [0, 0.1) is 13.8 Å². The fourth-order valence-electron chi connectivity index (χ4n) is 1.97. The molecule has 5 heteroatoms. The van der Waals surface area contributed by atoms with Crippen LogP contribution in [0.1, 0.15) is 28.8 Å². The smallest absolute Gasteiger partial charge is 0.0794 e. The fraction of sp³-hybridized carbons (Fsp3) is 0.500.